The molecule has 0 fully saturated rings. The van der Waals surface area contributed by atoms with E-state index in [9.17, 15) is 4.79 Å². The van der Waals surface area contributed by atoms with Gasteiger partial charge in [0.15, 0.2) is 10.6 Å². The van der Waals surface area contributed by atoms with E-state index in [0.29, 0.717) is 10.4 Å². The second kappa shape index (κ2) is 7.24. The van der Waals surface area contributed by atoms with Crippen molar-refractivity contribution in [3.05, 3.63) is 45.2 Å². The van der Waals surface area contributed by atoms with Crippen LogP contribution in [0.15, 0.2) is 24.3 Å². The number of benzene rings is 1. The van der Waals surface area contributed by atoms with Crippen LogP contribution in [0.5, 0.6) is 5.75 Å². The number of aromatic nitrogens is 1. The molecule has 0 saturated heterocycles. The Morgan fingerprint density at radius 3 is 2.64 bits per heavy atom. The molecule has 1 aliphatic carbocycles. The molecule has 1 heterocycles. The van der Waals surface area contributed by atoms with Gasteiger partial charge in [-0.1, -0.05) is 0 Å². The van der Waals surface area contributed by atoms with Crippen molar-refractivity contribution in [2.24, 2.45) is 0 Å². The number of fused-ring (bicyclic) bond motifs is 1. The van der Waals surface area contributed by atoms with Crippen LogP contribution < -0.4 is 9.54 Å². The zero-order valence-corrected chi connectivity index (χ0v) is 15.0. The van der Waals surface area contributed by atoms with Gasteiger partial charge in [-0.2, -0.15) is 0 Å². The van der Waals surface area contributed by atoms with Crippen molar-refractivity contribution in [2.45, 2.75) is 32.2 Å². The number of hydrogen-bond acceptors (Lipinski definition) is 4. The standard InChI is InChI=1S/C16H18N2O2S.BrH/c1-20-12-8-6-11(7-9-12)14(19)10-18-13-4-2-3-5-15(13)21-16(18)17;/h6-9,17H,2-5,10H2,1H3;1H. The van der Waals surface area contributed by atoms with Crippen LogP contribution in [-0.2, 0) is 19.4 Å². The van der Waals surface area contributed by atoms with Crippen LogP contribution in [0.4, 0.5) is 0 Å². The first-order valence-electron chi connectivity index (χ1n) is 7.12. The van der Waals surface area contributed by atoms with E-state index in [2.05, 4.69) is 0 Å². The summed E-state index contributed by atoms with van der Waals surface area (Å²) in [5.41, 5.74) is 1.86. The predicted octanol–water partition coefficient (Wildman–Crippen LogP) is 3.38. The summed E-state index contributed by atoms with van der Waals surface area (Å²) in [4.78, 5) is 14.2. The maximum atomic E-state index is 12.4. The van der Waals surface area contributed by atoms with Crippen molar-refractivity contribution in [1.29, 1.82) is 5.41 Å². The highest BCUT2D eigenvalue weighted by Crippen LogP contribution is 2.23. The number of Topliss-reactive ketones (excluding diaryl/α,β-unsaturated/α-hetero) is 1. The molecule has 118 valence electrons. The minimum absolute atomic E-state index is 0. The van der Waals surface area contributed by atoms with Gasteiger partial charge in [0.1, 0.15) is 5.75 Å². The van der Waals surface area contributed by atoms with Gasteiger partial charge in [-0.3, -0.25) is 10.2 Å². The summed E-state index contributed by atoms with van der Waals surface area (Å²) in [6.45, 7) is 0.261. The van der Waals surface area contributed by atoms with Crippen molar-refractivity contribution in [1.82, 2.24) is 4.57 Å². The molecule has 2 aromatic rings. The van der Waals surface area contributed by atoms with Gasteiger partial charge in [0, 0.05) is 16.1 Å². The monoisotopic (exact) mass is 382 g/mol. The molecular formula is C16H19BrN2O2S. The van der Waals surface area contributed by atoms with Gasteiger partial charge < -0.3 is 9.30 Å². The fraction of sp³-hybridized carbons (Fsp3) is 0.375. The minimum atomic E-state index is 0. The molecule has 1 N–H and O–H groups in total. The number of ketones is 1. The average Bonchev–Trinajstić information content (AvgIpc) is 2.83. The van der Waals surface area contributed by atoms with Gasteiger partial charge in [0.2, 0.25) is 0 Å². The van der Waals surface area contributed by atoms with Crippen molar-refractivity contribution < 1.29 is 9.53 Å². The Bertz CT molecular complexity index is 719. The number of carbonyl (C=O) groups excluding carboxylic acids is 1. The SMILES string of the molecule is Br.COc1ccc(C(=O)Cn2c3c(sc2=N)CCCC3)cc1. The Kier molecular flexibility index (Phi) is 5.58. The maximum Gasteiger partial charge on any atom is 0.182 e. The van der Waals surface area contributed by atoms with Gasteiger partial charge in [-0.05, 0) is 49.9 Å². The molecule has 22 heavy (non-hydrogen) atoms. The molecule has 1 aromatic carbocycles. The summed E-state index contributed by atoms with van der Waals surface area (Å²) < 4.78 is 6.98. The summed E-state index contributed by atoms with van der Waals surface area (Å²) in [6.07, 6.45) is 4.38. The molecule has 0 bridgehead atoms. The lowest BCUT2D eigenvalue weighted by molar-refractivity contribution is 0.0969. The second-order valence-corrected chi connectivity index (χ2v) is 6.31. The lowest BCUT2D eigenvalue weighted by atomic mass is 10.0. The van der Waals surface area contributed by atoms with E-state index >= 15 is 0 Å². The molecule has 6 heteroatoms. The fourth-order valence-corrected chi connectivity index (χ4v) is 3.83. The number of nitrogens with one attached hydrogen (secondary N) is 1. The number of aryl methyl sites for hydroxylation is 1. The molecule has 0 atom stereocenters. The molecule has 0 unspecified atom stereocenters. The molecule has 3 rings (SSSR count). The molecule has 0 spiro atoms. The third-order valence-corrected chi connectivity index (χ3v) is 4.99. The zero-order chi connectivity index (χ0) is 14.8. The third kappa shape index (κ3) is 3.33. The first kappa shape index (κ1) is 17.0. The van der Waals surface area contributed by atoms with Gasteiger partial charge >= 0.3 is 0 Å². The number of hydrogen-bond donors (Lipinski definition) is 1. The Labute approximate surface area is 144 Å². The van der Waals surface area contributed by atoms with Crippen LogP contribution in [0.1, 0.15) is 33.8 Å². The highest BCUT2D eigenvalue weighted by molar-refractivity contribution is 8.93. The number of carbonyl (C=O) groups is 1. The molecular weight excluding hydrogens is 364 g/mol. The van der Waals surface area contributed by atoms with Crippen molar-refractivity contribution in [3.8, 4) is 5.75 Å². The normalized spacial score (nSPS) is 13.1. The molecule has 1 aromatic heterocycles. The quantitative estimate of drug-likeness (QED) is 0.823. The van der Waals surface area contributed by atoms with Crippen molar-refractivity contribution in [2.75, 3.05) is 7.11 Å². The van der Waals surface area contributed by atoms with Gasteiger partial charge in [0.25, 0.3) is 0 Å². The molecule has 0 radical (unpaired) electrons. The topological polar surface area (TPSA) is 55.1 Å². The second-order valence-electron chi connectivity index (χ2n) is 5.22. The number of nitrogens with zero attached hydrogens (tertiary/aromatic N) is 1. The van der Waals surface area contributed by atoms with Crippen molar-refractivity contribution >= 4 is 34.1 Å². The zero-order valence-electron chi connectivity index (χ0n) is 12.4. The van der Waals surface area contributed by atoms with Crippen LogP contribution in [-0.4, -0.2) is 17.5 Å². The minimum Gasteiger partial charge on any atom is -0.497 e. The van der Waals surface area contributed by atoms with Gasteiger partial charge in [-0.15, -0.1) is 28.3 Å². The Morgan fingerprint density at radius 2 is 1.95 bits per heavy atom. The van der Waals surface area contributed by atoms with Crippen LogP contribution >= 0.6 is 28.3 Å². The van der Waals surface area contributed by atoms with Gasteiger partial charge in [-0.25, -0.2) is 0 Å². The summed E-state index contributed by atoms with van der Waals surface area (Å²) in [5, 5.41) is 8.10. The molecule has 0 amide bonds. The number of thiazole rings is 1. The van der Waals surface area contributed by atoms with E-state index < -0.39 is 0 Å². The van der Waals surface area contributed by atoms with E-state index in [0.717, 1.165) is 25.0 Å². The van der Waals surface area contributed by atoms with Crippen LogP contribution in [0.2, 0.25) is 0 Å². The van der Waals surface area contributed by atoms with Crippen molar-refractivity contribution in [3.63, 3.8) is 0 Å². The molecule has 0 saturated carbocycles. The summed E-state index contributed by atoms with van der Waals surface area (Å²) in [7, 11) is 1.61. The van der Waals surface area contributed by atoms with Crippen LogP contribution in [0, 0.1) is 5.41 Å². The van der Waals surface area contributed by atoms with E-state index in [1.807, 2.05) is 4.57 Å². The number of methoxy groups -OCH3 is 1. The highest BCUT2D eigenvalue weighted by Gasteiger charge is 2.18. The Balaban J connectivity index is 0.00000176. The number of rotatable bonds is 4. The smallest absolute Gasteiger partial charge is 0.182 e. The van der Waals surface area contributed by atoms with E-state index in [1.165, 1.54) is 28.3 Å². The molecule has 1 aliphatic rings. The summed E-state index contributed by atoms with van der Waals surface area (Å²) in [6, 6.07) is 7.15. The molecule has 4 nitrogen and oxygen atoms in total. The first-order chi connectivity index (χ1) is 10.2. The largest absolute Gasteiger partial charge is 0.497 e. The van der Waals surface area contributed by atoms with Gasteiger partial charge in [0.05, 0.1) is 13.7 Å². The summed E-state index contributed by atoms with van der Waals surface area (Å²) in [5.74, 6) is 0.788. The van der Waals surface area contributed by atoms with Crippen LogP contribution in [0.25, 0.3) is 0 Å². The Hall–Kier alpha value is -1.40. The first-order valence-corrected chi connectivity index (χ1v) is 7.94. The third-order valence-electron chi connectivity index (χ3n) is 3.89. The van der Waals surface area contributed by atoms with E-state index in [4.69, 9.17) is 10.1 Å². The highest BCUT2D eigenvalue weighted by atomic mass is 79.9. The predicted molar refractivity (Wildman–Crippen MR) is 92.5 cm³/mol. The average molecular weight is 383 g/mol. The summed E-state index contributed by atoms with van der Waals surface area (Å²) >= 11 is 1.52. The fourth-order valence-electron chi connectivity index (χ4n) is 2.73. The van der Waals surface area contributed by atoms with E-state index in [1.54, 1.807) is 31.4 Å². The number of halogens is 1. The molecule has 0 aliphatic heterocycles. The lowest BCUT2D eigenvalue weighted by Gasteiger charge is -2.14. The number of ether oxygens (including phenoxy) is 1. The van der Waals surface area contributed by atoms with Crippen LogP contribution in [0.3, 0.4) is 0 Å². The Morgan fingerprint density at radius 1 is 1.27 bits per heavy atom. The lowest BCUT2D eigenvalue weighted by Crippen LogP contribution is -2.22. The maximum absolute atomic E-state index is 12.4. The van der Waals surface area contributed by atoms with E-state index in [-0.39, 0.29) is 29.3 Å².